The normalized spacial score (nSPS) is 27.2. The van der Waals surface area contributed by atoms with E-state index in [1.807, 2.05) is 0 Å². The van der Waals surface area contributed by atoms with Gasteiger partial charge in [-0.25, -0.2) is 8.42 Å². The smallest absolute Gasteiger partial charge is 0.241 e. The monoisotopic (exact) mass is 303 g/mol. The van der Waals surface area contributed by atoms with Crippen LogP contribution in [-0.2, 0) is 19.4 Å². The van der Waals surface area contributed by atoms with Crippen molar-refractivity contribution in [3.63, 3.8) is 0 Å². The van der Waals surface area contributed by atoms with Gasteiger partial charge in [0, 0.05) is 39.1 Å². The molecule has 20 heavy (non-hydrogen) atoms. The van der Waals surface area contributed by atoms with Crippen molar-refractivity contribution in [2.45, 2.75) is 18.9 Å². The molecular formula is C12H21N3O4S. The average molecular weight is 303 g/mol. The molecule has 2 aliphatic rings. The molecule has 0 bridgehead atoms. The first-order chi connectivity index (χ1) is 9.37. The molecule has 0 aromatic rings. The van der Waals surface area contributed by atoms with Crippen LogP contribution in [-0.4, -0.2) is 80.8 Å². The number of amides is 2. The zero-order valence-electron chi connectivity index (χ0n) is 11.7. The highest BCUT2D eigenvalue weighted by molar-refractivity contribution is 7.91. The van der Waals surface area contributed by atoms with E-state index in [1.165, 1.54) is 4.90 Å². The molecule has 0 saturated carbocycles. The molecule has 1 atom stereocenters. The number of hydrogen-bond donors (Lipinski definition) is 1. The molecule has 2 saturated heterocycles. The minimum Gasteiger partial charge on any atom is -0.344 e. The van der Waals surface area contributed by atoms with Crippen LogP contribution in [0.5, 0.6) is 0 Å². The van der Waals surface area contributed by atoms with Crippen molar-refractivity contribution in [2.24, 2.45) is 0 Å². The van der Waals surface area contributed by atoms with E-state index in [0.717, 1.165) is 6.42 Å². The molecule has 2 aliphatic heterocycles. The summed E-state index contributed by atoms with van der Waals surface area (Å²) in [5.41, 5.74) is 0. The average Bonchev–Trinajstić information content (AvgIpc) is 2.51. The van der Waals surface area contributed by atoms with Crippen molar-refractivity contribution in [1.82, 2.24) is 15.1 Å². The highest BCUT2D eigenvalue weighted by Gasteiger charge is 2.29. The van der Waals surface area contributed by atoms with E-state index >= 15 is 0 Å². The van der Waals surface area contributed by atoms with Crippen molar-refractivity contribution in [3.8, 4) is 0 Å². The Morgan fingerprint density at radius 3 is 2.85 bits per heavy atom. The minimum absolute atomic E-state index is 0.000426. The van der Waals surface area contributed by atoms with Crippen LogP contribution in [0.1, 0.15) is 12.8 Å². The second kappa shape index (κ2) is 6.09. The molecule has 2 fully saturated rings. The predicted octanol–water partition coefficient (Wildman–Crippen LogP) is -1.55. The van der Waals surface area contributed by atoms with E-state index in [0.29, 0.717) is 19.6 Å². The fraction of sp³-hybridized carbons (Fsp3) is 0.833. The highest BCUT2D eigenvalue weighted by atomic mass is 32.2. The molecule has 0 radical (unpaired) electrons. The maximum Gasteiger partial charge on any atom is 0.241 e. The van der Waals surface area contributed by atoms with E-state index in [-0.39, 0.29) is 42.3 Å². The zero-order chi connectivity index (χ0) is 14.8. The fourth-order valence-corrected chi connectivity index (χ4v) is 3.98. The van der Waals surface area contributed by atoms with E-state index in [4.69, 9.17) is 0 Å². The molecule has 8 heteroatoms. The summed E-state index contributed by atoms with van der Waals surface area (Å²) >= 11 is 0. The molecule has 2 rings (SSSR count). The van der Waals surface area contributed by atoms with Crippen molar-refractivity contribution < 1.29 is 18.0 Å². The number of carbonyl (C=O) groups excluding carboxylic acids is 2. The summed E-state index contributed by atoms with van der Waals surface area (Å²) in [4.78, 5) is 27.1. The van der Waals surface area contributed by atoms with Gasteiger partial charge in [0.2, 0.25) is 11.8 Å². The lowest BCUT2D eigenvalue weighted by Gasteiger charge is -2.26. The number of carbonyl (C=O) groups is 2. The highest BCUT2D eigenvalue weighted by Crippen LogP contribution is 2.10. The first-order valence-corrected chi connectivity index (χ1v) is 8.65. The van der Waals surface area contributed by atoms with Crippen LogP contribution in [0.3, 0.4) is 0 Å². The summed E-state index contributed by atoms with van der Waals surface area (Å²) in [7, 11) is -1.32. The molecule has 2 amide bonds. The van der Waals surface area contributed by atoms with Crippen LogP contribution < -0.4 is 5.32 Å². The molecular weight excluding hydrogens is 282 g/mol. The van der Waals surface area contributed by atoms with Gasteiger partial charge in [0.15, 0.2) is 9.84 Å². The molecule has 1 N–H and O–H groups in total. The Labute approximate surface area is 119 Å². The van der Waals surface area contributed by atoms with Gasteiger partial charge in [-0.05, 0) is 6.42 Å². The first-order valence-electron chi connectivity index (χ1n) is 6.83. The lowest BCUT2D eigenvalue weighted by Crippen LogP contribution is -2.48. The molecule has 0 aromatic carbocycles. The Hall–Kier alpha value is -1.15. The van der Waals surface area contributed by atoms with Crippen LogP contribution in [0.4, 0.5) is 0 Å². The second-order valence-electron chi connectivity index (χ2n) is 5.45. The Balaban J connectivity index is 1.92. The van der Waals surface area contributed by atoms with Gasteiger partial charge in [0.05, 0.1) is 18.1 Å². The third kappa shape index (κ3) is 3.92. The molecule has 0 aliphatic carbocycles. The standard InChI is InChI=1S/C12H21N3O4S/c1-14-4-2-5-15(8-12(14)17)11(16)7-10-9-20(18,19)6-3-13-10/h10,13H,2-9H2,1H3. The summed E-state index contributed by atoms with van der Waals surface area (Å²) < 4.78 is 23.1. The molecule has 114 valence electrons. The van der Waals surface area contributed by atoms with Crippen LogP contribution in [0.15, 0.2) is 0 Å². The third-order valence-corrected chi connectivity index (χ3v) is 5.48. The van der Waals surface area contributed by atoms with E-state index in [2.05, 4.69) is 5.32 Å². The van der Waals surface area contributed by atoms with Gasteiger partial charge in [-0.15, -0.1) is 0 Å². The van der Waals surface area contributed by atoms with Gasteiger partial charge in [-0.3, -0.25) is 9.59 Å². The van der Waals surface area contributed by atoms with Crippen molar-refractivity contribution in [2.75, 3.05) is 44.7 Å². The Morgan fingerprint density at radius 1 is 1.40 bits per heavy atom. The number of rotatable bonds is 2. The number of nitrogens with zero attached hydrogens (tertiary/aromatic N) is 2. The maximum atomic E-state index is 12.2. The van der Waals surface area contributed by atoms with Gasteiger partial charge < -0.3 is 15.1 Å². The summed E-state index contributed by atoms with van der Waals surface area (Å²) in [5.74, 6) is -0.0891. The minimum atomic E-state index is -3.04. The van der Waals surface area contributed by atoms with Gasteiger partial charge in [-0.1, -0.05) is 0 Å². The SMILES string of the molecule is CN1CCCN(C(=O)CC2CS(=O)(=O)CCN2)CC1=O. The number of likely N-dealkylation sites (N-methyl/N-ethyl adjacent to an activating group) is 1. The van der Waals surface area contributed by atoms with Gasteiger partial charge in [-0.2, -0.15) is 0 Å². The number of nitrogens with one attached hydrogen (secondary N) is 1. The van der Waals surface area contributed by atoms with Crippen LogP contribution >= 0.6 is 0 Å². The first kappa shape index (κ1) is 15.2. The van der Waals surface area contributed by atoms with Gasteiger partial charge in [0.25, 0.3) is 0 Å². The molecule has 2 heterocycles. The molecule has 7 nitrogen and oxygen atoms in total. The summed E-state index contributed by atoms with van der Waals surface area (Å²) in [6, 6.07) is -0.336. The van der Waals surface area contributed by atoms with Gasteiger partial charge >= 0.3 is 0 Å². The lowest BCUT2D eigenvalue weighted by atomic mass is 10.2. The Kier molecular flexibility index (Phi) is 4.64. The van der Waals surface area contributed by atoms with Crippen LogP contribution in [0, 0.1) is 0 Å². The van der Waals surface area contributed by atoms with Crippen molar-refractivity contribution in [3.05, 3.63) is 0 Å². The number of sulfone groups is 1. The lowest BCUT2D eigenvalue weighted by molar-refractivity contribution is -0.138. The van der Waals surface area contributed by atoms with Crippen molar-refractivity contribution in [1.29, 1.82) is 0 Å². The fourth-order valence-electron chi connectivity index (χ4n) is 2.54. The maximum absolute atomic E-state index is 12.2. The van der Waals surface area contributed by atoms with E-state index in [1.54, 1.807) is 11.9 Å². The van der Waals surface area contributed by atoms with Gasteiger partial charge in [0.1, 0.15) is 0 Å². The van der Waals surface area contributed by atoms with Crippen molar-refractivity contribution >= 4 is 21.7 Å². The van der Waals surface area contributed by atoms with E-state index in [9.17, 15) is 18.0 Å². The molecule has 1 unspecified atom stereocenters. The van der Waals surface area contributed by atoms with Crippen LogP contribution in [0.25, 0.3) is 0 Å². The topological polar surface area (TPSA) is 86.8 Å². The quantitative estimate of drug-likeness (QED) is 0.668. The Bertz CT molecular complexity index is 491. The van der Waals surface area contributed by atoms with E-state index < -0.39 is 9.84 Å². The summed E-state index contributed by atoms with van der Waals surface area (Å²) in [6.07, 6.45) is 0.889. The molecule has 0 spiro atoms. The number of hydrogen-bond acceptors (Lipinski definition) is 5. The molecule has 0 aromatic heterocycles. The zero-order valence-corrected chi connectivity index (χ0v) is 12.5. The predicted molar refractivity (Wildman–Crippen MR) is 73.9 cm³/mol. The second-order valence-corrected chi connectivity index (χ2v) is 7.68. The third-order valence-electron chi connectivity index (χ3n) is 3.75. The van der Waals surface area contributed by atoms with Crippen LogP contribution in [0.2, 0.25) is 0 Å². The summed E-state index contributed by atoms with van der Waals surface area (Å²) in [6.45, 7) is 1.68. The summed E-state index contributed by atoms with van der Waals surface area (Å²) in [5, 5.41) is 3.06. The largest absolute Gasteiger partial charge is 0.344 e. The Morgan fingerprint density at radius 2 is 2.15 bits per heavy atom.